The predicted octanol–water partition coefficient (Wildman–Crippen LogP) is 2.82. The molecule has 1 fully saturated rings. The molecule has 0 aliphatic heterocycles. The fourth-order valence-electron chi connectivity index (χ4n) is 1.83. The molecule has 0 N–H and O–H groups in total. The fourth-order valence-corrected chi connectivity index (χ4v) is 1.83. The molecule has 11 heavy (non-hydrogen) atoms. The van der Waals surface area contributed by atoms with E-state index in [1.54, 1.807) is 0 Å². The molecule has 0 saturated heterocycles. The Hall–Kier alpha value is -0.580. The van der Waals surface area contributed by atoms with Gasteiger partial charge in [0, 0.05) is 0 Å². The summed E-state index contributed by atoms with van der Waals surface area (Å²) in [7, 11) is 0. The summed E-state index contributed by atoms with van der Waals surface area (Å²) in [5.41, 5.74) is -0.299. The number of alkyl halides is 1. The lowest BCUT2D eigenvalue weighted by molar-refractivity contribution is 0.226. The highest BCUT2D eigenvalue weighted by molar-refractivity contribution is 5.00. The van der Waals surface area contributed by atoms with Crippen molar-refractivity contribution in [1.82, 2.24) is 0 Å². The molecule has 0 aromatic carbocycles. The van der Waals surface area contributed by atoms with Gasteiger partial charge in [0.15, 0.2) is 0 Å². The van der Waals surface area contributed by atoms with Crippen molar-refractivity contribution in [2.75, 3.05) is 6.67 Å². The smallest absolute Gasteiger partial charge is 0.0909 e. The molecule has 2 heteroatoms. The van der Waals surface area contributed by atoms with Crippen LogP contribution in [0.25, 0.3) is 0 Å². The van der Waals surface area contributed by atoms with E-state index in [1.165, 1.54) is 6.42 Å². The molecule has 0 amide bonds. The molecule has 1 aliphatic carbocycles. The average molecular weight is 155 g/mol. The van der Waals surface area contributed by atoms with Gasteiger partial charge in [-0.25, -0.2) is 0 Å². The van der Waals surface area contributed by atoms with Crippen molar-refractivity contribution in [2.24, 2.45) is 5.41 Å². The highest BCUT2D eigenvalue weighted by Crippen LogP contribution is 2.38. The van der Waals surface area contributed by atoms with Crippen LogP contribution in [-0.4, -0.2) is 6.67 Å². The van der Waals surface area contributed by atoms with Gasteiger partial charge in [-0.05, 0) is 19.3 Å². The fraction of sp³-hybridized carbons (Fsp3) is 0.889. The third kappa shape index (κ3) is 1.92. The molecule has 0 radical (unpaired) electrons. The largest absolute Gasteiger partial charge is 0.251 e. The zero-order valence-corrected chi connectivity index (χ0v) is 6.77. The molecule has 0 aromatic heterocycles. The minimum absolute atomic E-state index is 0.299. The molecule has 0 aromatic rings. The quantitative estimate of drug-likeness (QED) is 0.601. The summed E-state index contributed by atoms with van der Waals surface area (Å²) in [6.45, 7) is -0.340. The summed E-state index contributed by atoms with van der Waals surface area (Å²) >= 11 is 0. The van der Waals surface area contributed by atoms with Crippen LogP contribution >= 0.6 is 0 Å². The first-order chi connectivity index (χ1) is 5.33. The number of nitrogens with zero attached hydrogens (tertiary/aromatic N) is 1. The van der Waals surface area contributed by atoms with Gasteiger partial charge in [0.2, 0.25) is 0 Å². The molecule has 0 unspecified atom stereocenters. The second-order valence-corrected chi connectivity index (χ2v) is 3.39. The normalized spacial score (nSPS) is 22.5. The lowest BCUT2D eigenvalue weighted by Crippen LogP contribution is -2.22. The predicted molar refractivity (Wildman–Crippen MR) is 41.7 cm³/mol. The van der Waals surface area contributed by atoms with Crippen LogP contribution in [0.3, 0.4) is 0 Å². The van der Waals surface area contributed by atoms with E-state index >= 15 is 0 Å². The van der Waals surface area contributed by atoms with Crippen molar-refractivity contribution < 1.29 is 4.39 Å². The Morgan fingerprint density at radius 2 is 1.91 bits per heavy atom. The van der Waals surface area contributed by atoms with Gasteiger partial charge in [0.05, 0.1) is 18.2 Å². The van der Waals surface area contributed by atoms with Gasteiger partial charge in [-0.15, -0.1) is 0 Å². The first kappa shape index (κ1) is 8.52. The van der Waals surface area contributed by atoms with E-state index in [1.807, 2.05) is 0 Å². The Morgan fingerprint density at radius 3 is 2.36 bits per heavy atom. The molecular formula is C9H14FN. The van der Waals surface area contributed by atoms with Crippen LogP contribution in [0.2, 0.25) is 0 Å². The van der Waals surface area contributed by atoms with Crippen molar-refractivity contribution in [3.8, 4) is 6.07 Å². The van der Waals surface area contributed by atoms with Gasteiger partial charge in [-0.3, -0.25) is 4.39 Å². The molecule has 0 spiro atoms. The van der Waals surface area contributed by atoms with Gasteiger partial charge < -0.3 is 0 Å². The molecule has 1 aliphatic rings. The zero-order valence-electron chi connectivity index (χ0n) is 6.77. The molecular weight excluding hydrogens is 141 g/mol. The minimum atomic E-state index is -0.340. The topological polar surface area (TPSA) is 23.8 Å². The first-order valence-corrected chi connectivity index (χ1v) is 4.30. The summed E-state index contributed by atoms with van der Waals surface area (Å²) in [4.78, 5) is 0. The third-order valence-corrected chi connectivity index (χ3v) is 2.62. The van der Waals surface area contributed by atoms with Crippen molar-refractivity contribution >= 4 is 0 Å². The van der Waals surface area contributed by atoms with Crippen molar-refractivity contribution in [3.05, 3.63) is 0 Å². The van der Waals surface area contributed by atoms with Crippen molar-refractivity contribution in [3.63, 3.8) is 0 Å². The Kier molecular flexibility index (Phi) is 2.87. The molecule has 1 rings (SSSR count). The second kappa shape index (κ2) is 3.71. The summed E-state index contributed by atoms with van der Waals surface area (Å²) in [6, 6.07) is 2.28. The first-order valence-electron chi connectivity index (χ1n) is 4.30. The number of hydrogen-bond acceptors (Lipinski definition) is 1. The van der Waals surface area contributed by atoms with E-state index < -0.39 is 0 Å². The van der Waals surface area contributed by atoms with Crippen LogP contribution < -0.4 is 0 Å². The summed E-state index contributed by atoms with van der Waals surface area (Å²) < 4.78 is 12.1. The van der Waals surface area contributed by atoms with E-state index in [0.717, 1.165) is 25.7 Å². The highest BCUT2D eigenvalue weighted by Gasteiger charge is 2.31. The monoisotopic (exact) mass is 155 g/mol. The Bertz CT molecular complexity index is 148. The van der Waals surface area contributed by atoms with E-state index in [4.69, 9.17) is 5.26 Å². The van der Waals surface area contributed by atoms with Gasteiger partial charge in [-0.2, -0.15) is 5.26 Å². The summed E-state index contributed by atoms with van der Waals surface area (Å²) in [5, 5.41) is 8.86. The highest BCUT2D eigenvalue weighted by atomic mass is 19.1. The third-order valence-electron chi connectivity index (χ3n) is 2.62. The van der Waals surface area contributed by atoms with Crippen LogP contribution in [-0.2, 0) is 0 Å². The average Bonchev–Trinajstić information content (AvgIpc) is 2.07. The Labute approximate surface area is 67.2 Å². The number of nitriles is 1. The van der Waals surface area contributed by atoms with E-state index in [-0.39, 0.29) is 12.1 Å². The van der Waals surface area contributed by atoms with E-state index in [0.29, 0.717) is 6.42 Å². The van der Waals surface area contributed by atoms with Crippen LogP contribution in [0, 0.1) is 16.7 Å². The number of hydrogen-bond donors (Lipinski definition) is 0. The van der Waals surface area contributed by atoms with E-state index in [2.05, 4.69) is 6.07 Å². The van der Waals surface area contributed by atoms with Crippen LogP contribution in [0.5, 0.6) is 0 Å². The van der Waals surface area contributed by atoms with Gasteiger partial charge in [0.25, 0.3) is 0 Å². The van der Waals surface area contributed by atoms with Crippen molar-refractivity contribution in [1.29, 1.82) is 5.26 Å². The van der Waals surface area contributed by atoms with Crippen LogP contribution in [0.4, 0.5) is 4.39 Å². The van der Waals surface area contributed by atoms with Crippen molar-refractivity contribution in [2.45, 2.75) is 38.5 Å². The lowest BCUT2D eigenvalue weighted by Gasteiger charge is -2.29. The molecule has 0 atom stereocenters. The van der Waals surface area contributed by atoms with Crippen LogP contribution in [0.1, 0.15) is 38.5 Å². The number of rotatable bonds is 2. The molecule has 62 valence electrons. The number of halogens is 1. The molecule has 1 nitrogen and oxygen atoms in total. The molecule has 0 bridgehead atoms. The van der Waals surface area contributed by atoms with Gasteiger partial charge >= 0.3 is 0 Å². The maximum atomic E-state index is 12.1. The lowest BCUT2D eigenvalue weighted by atomic mass is 9.73. The van der Waals surface area contributed by atoms with Crippen LogP contribution in [0.15, 0.2) is 0 Å². The van der Waals surface area contributed by atoms with Gasteiger partial charge in [0.1, 0.15) is 0 Å². The van der Waals surface area contributed by atoms with Gasteiger partial charge in [-0.1, -0.05) is 19.3 Å². The standard InChI is InChI=1S/C9H14FN/c10-7-6-9(8-11)4-2-1-3-5-9/h1-7H2. The Balaban J connectivity index is 2.51. The summed E-state index contributed by atoms with van der Waals surface area (Å²) in [5.74, 6) is 0. The second-order valence-electron chi connectivity index (χ2n) is 3.39. The Morgan fingerprint density at radius 1 is 1.27 bits per heavy atom. The van der Waals surface area contributed by atoms with E-state index in [9.17, 15) is 4.39 Å². The SMILES string of the molecule is N#CC1(CCF)CCCCC1. The maximum Gasteiger partial charge on any atom is 0.0909 e. The molecule has 1 saturated carbocycles. The molecule has 0 heterocycles. The zero-order chi connectivity index (χ0) is 8.16. The minimum Gasteiger partial charge on any atom is -0.251 e. The maximum absolute atomic E-state index is 12.1. The summed E-state index contributed by atoms with van der Waals surface area (Å²) in [6.07, 6.45) is 5.70.